The quantitative estimate of drug-likeness (QED) is 0.857. The summed E-state index contributed by atoms with van der Waals surface area (Å²) in [6.45, 7) is 2.63. The number of nitrogens with one attached hydrogen (secondary N) is 1. The maximum absolute atomic E-state index is 12.8. The van der Waals surface area contributed by atoms with Crippen molar-refractivity contribution in [1.82, 2.24) is 10.2 Å². The van der Waals surface area contributed by atoms with Crippen molar-refractivity contribution in [2.45, 2.75) is 45.2 Å². The Labute approximate surface area is 152 Å². The number of benzene rings is 1. The number of thiophene rings is 1. The van der Waals surface area contributed by atoms with Crippen LogP contribution in [0.25, 0.3) is 0 Å². The van der Waals surface area contributed by atoms with Crippen LogP contribution in [0.1, 0.15) is 45.8 Å². The molecule has 1 fully saturated rings. The van der Waals surface area contributed by atoms with Crippen LogP contribution in [0.4, 0.5) is 0 Å². The highest BCUT2D eigenvalue weighted by atomic mass is 32.1. The van der Waals surface area contributed by atoms with Crippen molar-refractivity contribution in [1.29, 1.82) is 0 Å². The van der Waals surface area contributed by atoms with E-state index in [1.807, 2.05) is 48.2 Å². The van der Waals surface area contributed by atoms with Crippen LogP contribution in [0.3, 0.4) is 0 Å². The van der Waals surface area contributed by atoms with Gasteiger partial charge in [-0.05, 0) is 37.5 Å². The summed E-state index contributed by atoms with van der Waals surface area (Å²) in [5.41, 5.74) is 1.13. The second-order valence-electron chi connectivity index (χ2n) is 6.54. The molecule has 1 aliphatic carbocycles. The Morgan fingerprint density at radius 2 is 1.84 bits per heavy atom. The molecule has 5 heteroatoms. The van der Waals surface area contributed by atoms with Crippen molar-refractivity contribution in [2.24, 2.45) is 0 Å². The predicted octanol–water partition coefficient (Wildman–Crippen LogP) is 3.76. The van der Waals surface area contributed by atoms with E-state index in [9.17, 15) is 9.59 Å². The zero-order valence-electron chi connectivity index (χ0n) is 14.5. The first-order chi connectivity index (χ1) is 12.1. The van der Waals surface area contributed by atoms with Gasteiger partial charge < -0.3 is 10.2 Å². The minimum Gasteiger partial charge on any atom is -0.342 e. The Bertz CT molecular complexity index is 720. The molecule has 1 aromatic heterocycles. The molecule has 1 saturated carbocycles. The molecule has 0 unspecified atom stereocenters. The number of amides is 2. The molecule has 0 radical (unpaired) electrons. The van der Waals surface area contributed by atoms with Crippen molar-refractivity contribution < 1.29 is 9.59 Å². The first kappa shape index (κ1) is 17.7. The molecule has 0 saturated heterocycles. The highest BCUT2D eigenvalue weighted by Crippen LogP contribution is 2.25. The average molecular weight is 356 g/mol. The third kappa shape index (κ3) is 4.69. The Morgan fingerprint density at radius 1 is 1.12 bits per heavy atom. The predicted molar refractivity (Wildman–Crippen MR) is 101 cm³/mol. The minimum atomic E-state index is -0.169. The van der Waals surface area contributed by atoms with Gasteiger partial charge in [0, 0.05) is 17.5 Å². The van der Waals surface area contributed by atoms with Crippen molar-refractivity contribution in [2.75, 3.05) is 6.54 Å². The minimum absolute atomic E-state index is 0.00242. The second-order valence-corrected chi connectivity index (χ2v) is 7.83. The zero-order valence-corrected chi connectivity index (χ0v) is 15.3. The zero-order chi connectivity index (χ0) is 17.6. The molecule has 2 aromatic rings. The third-order valence-corrected chi connectivity index (χ3v) is 5.65. The molecule has 25 heavy (non-hydrogen) atoms. The van der Waals surface area contributed by atoms with E-state index in [2.05, 4.69) is 5.32 Å². The molecule has 1 aromatic carbocycles. The summed E-state index contributed by atoms with van der Waals surface area (Å²) in [5, 5.41) is 2.78. The van der Waals surface area contributed by atoms with Gasteiger partial charge in [-0.15, -0.1) is 11.3 Å². The van der Waals surface area contributed by atoms with Crippen LogP contribution < -0.4 is 5.32 Å². The summed E-state index contributed by atoms with van der Waals surface area (Å²) in [6, 6.07) is 14.1. The van der Waals surface area contributed by atoms with E-state index in [4.69, 9.17) is 0 Å². The smallest absolute Gasteiger partial charge is 0.261 e. The molecule has 0 bridgehead atoms. The van der Waals surface area contributed by atoms with Gasteiger partial charge in [-0.2, -0.15) is 0 Å². The fourth-order valence-corrected chi connectivity index (χ4v) is 4.10. The molecule has 1 aliphatic rings. The van der Waals surface area contributed by atoms with Crippen LogP contribution in [0.15, 0.2) is 42.5 Å². The molecule has 2 amide bonds. The fourth-order valence-electron chi connectivity index (χ4n) is 3.32. The maximum atomic E-state index is 12.8. The molecule has 4 nitrogen and oxygen atoms in total. The van der Waals surface area contributed by atoms with Crippen LogP contribution in [0, 0.1) is 6.92 Å². The number of carbonyl (C=O) groups excluding carboxylic acids is 2. The molecule has 1 heterocycles. The molecule has 0 spiro atoms. The number of rotatable bonds is 6. The number of hydrogen-bond donors (Lipinski definition) is 1. The summed E-state index contributed by atoms with van der Waals surface area (Å²) >= 11 is 1.45. The highest BCUT2D eigenvalue weighted by molar-refractivity contribution is 7.13. The summed E-state index contributed by atoms with van der Waals surface area (Å²) in [5.74, 6) is -0.171. The van der Waals surface area contributed by atoms with Gasteiger partial charge in [0.2, 0.25) is 5.91 Å². The van der Waals surface area contributed by atoms with Crippen LogP contribution in [0.2, 0.25) is 0 Å². The van der Waals surface area contributed by atoms with Gasteiger partial charge in [0.05, 0.1) is 11.4 Å². The van der Waals surface area contributed by atoms with E-state index in [1.54, 1.807) is 6.07 Å². The van der Waals surface area contributed by atoms with E-state index in [1.165, 1.54) is 24.2 Å². The van der Waals surface area contributed by atoms with E-state index >= 15 is 0 Å². The molecule has 3 rings (SSSR count). The van der Waals surface area contributed by atoms with E-state index < -0.39 is 0 Å². The molecule has 132 valence electrons. The molecule has 1 N–H and O–H groups in total. The number of aryl methyl sites for hydroxylation is 1. The van der Waals surface area contributed by atoms with Gasteiger partial charge in [0.25, 0.3) is 5.91 Å². The highest BCUT2D eigenvalue weighted by Gasteiger charge is 2.27. The summed E-state index contributed by atoms with van der Waals surface area (Å²) in [6.07, 6.45) is 4.45. The van der Waals surface area contributed by atoms with E-state index in [0.29, 0.717) is 11.4 Å². The van der Waals surface area contributed by atoms with Crippen molar-refractivity contribution in [3.63, 3.8) is 0 Å². The summed E-state index contributed by atoms with van der Waals surface area (Å²) in [7, 11) is 0. The first-order valence-electron chi connectivity index (χ1n) is 8.81. The largest absolute Gasteiger partial charge is 0.342 e. The van der Waals surface area contributed by atoms with Crippen LogP contribution >= 0.6 is 11.3 Å². The maximum Gasteiger partial charge on any atom is 0.261 e. The van der Waals surface area contributed by atoms with Crippen molar-refractivity contribution in [3.8, 4) is 0 Å². The Morgan fingerprint density at radius 3 is 2.48 bits per heavy atom. The topological polar surface area (TPSA) is 49.4 Å². The Kier molecular flexibility index (Phi) is 5.87. The number of carbonyl (C=O) groups is 2. The monoisotopic (exact) mass is 356 g/mol. The summed E-state index contributed by atoms with van der Waals surface area (Å²) < 4.78 is 0. The molecule has 0 atom stereocenters. The average Bonchev–Trinajstić information content (AvgIpc) is 3.30. The number of hydrogen-bond acceptors (Lipinski definition) is 3. The van der Waals surface area contributed by atoms with Crippen LogP contribution in [0.5, 0.6) is 0 Å². The van der Waals surface area contributed by atoms with E-state index in [0.717, 1.165) is 23.3 Å². The van der Waals surface area contributed by atoms with E-state index in [-0.39, 0.29) is 24.4 Å². The Hall–Kier alpha value is -2.14. The van der Waals surface area contributed by atoms with Gasteiger partial charge in [0.15, 0.2) is 0 Å². The lowest BCUT2D eigenvalue weighted by Crippen LogP contribution is -2.44. The van der Waals surface area contributed by atoms with Crippen molar-refractivity contribution in [3.05, 3.63) is 57.8 Å². The standard InChI is InChI=1S/C20H24N2O2S/c1-15-11-12-18(25-15)20(24)21-13-19(23)22(17-9-5-6-10-17)14-16-7-3-2-4-8-16/h2-4,7-8,11-12,17H,5-6,9-10,13-14H2,1H3,(H,21,24). The van der Waals surface area contributed by atoms with Crippen LogP contribution in [-0.2, 0) is 11.3 Å². The van der Waals surface area contributed by atoms with Crippen LogP contribution in [-0.4, -0.2) is 29.3 Å². The summed E-state index contributed by atoms with van der Waals surface area (Å²) in [4.78, 5) is 28.7. The SMILES string of the molecule is Cc1ccc(C(=O)NCC(=O)N(Cc2ccccc2)C2CCCC2)s1. The first-order valence-corrected chi connectivity index (χ1v) is 9.63. The fraction of sp³-hybridized carbons (Fsp3) is 0.400. The Balaban J connectivity index is 1.63. The van der Waals surface area contributed by atoms with Gasteiger partial charge in [0.1, 0.15) is 0 Å². The van der Waals surface area contributed by atoms with Gasteiger partial charge in [-0.1, -0.05) is 43.2 Å². The van der Waals surface area contributed by atoms with Gasteiger partial charge in [-0.25, -0.2) is 0 Å². The molecular weight excluding hydrogens is 332 g/mol. The van der Waals surface area contributed by atoms with Gasteiger partial charge >= 0.3 is 0 Å². The normalized spacial score (nSPS) is 14.4. The third-order valence-electron chi connectivity index (χ3n) is 4.65. The lowest BCUT2D eigenvalue weighted by atomic mass is 10.1. The van der Waals surface area contributed by atoms with Gasteiger partial charge in [-0.3, -0.25) is 9.59 Å². The van der Waals surface area contributed by atoms with Crippen molar-refractivity contribution >= 4 is 23.2 Å². The number of nitrogens with zero attached hydrogens (tertiary/aromatic N) is 1. The lowest BCUT2D eigenvalue weighted by Gasteiger charge is -2.29. The second kappa shape index (κ2) is 8.30. The molecular formula is C20H24N2O2S. The molecule has 0 aliphatic heterocycles. The lowest BCUT2D eigenvalue weighted by molar-refractivity contribution is -0.133.